The Hall–Kier alpha value is -1.84. The van der Waals surface area contributed by atoms with Gasteiger partial charge in [-0.15, -0.1) is 0 Å². The molecule has 1 aromatic rings. The Bertz CT molecular complexity index is 548. The summed E-state index contributed by atoms with van der Waals surface area (Å²) >= 11 is 0. The van der Waals surface area contributed by atoms with Crippen molar-refractivity contribution < 1.29 is 4.79 Å². The van der Waals surface area contributed by atoms with Crippen LogP contribution in [0.15, 0.2) is 30.1 Å². The maximum atomic E-state index is 12.6. The van der Waals surface area contributed by atoms with Crippen LogP contribution in [0.4, 0.5) is 5.69 Å². The minimum Gasteiger partial charge on any atom is -0.383 e. The number of nitrogens with one attached hydrogen (secondary N) is 1. The zero-order valence-corrected chi connectivity index (χ0v) is 15.2. The topological polar surface area (TPSA) is 45.2 Å². The second-order valence-electron chi connectivity index (χ2n) is 6.54. The summed E-state index contributed by atoms with van der Waals surface area (Å²) in [7, 11) is 0. The number of pyridine rings is 1. The van der Waals surface area contributed by atoms with Crippen molar-refractivity contribution >= 4 is 11.6 Å². The van der Waals surface area contributed by atoms with Crippen LogP contribution in [-0.4, -0.2) is 35.4 Å². The van der Waals surface area contributed by atoms with Gasteiger partial charge in [0.25, 0.3) is 5.91 Å². The Labute approximate surface area is 146 Å². The lowest BCUT2D eigenvalue weighted by Crippen LogP contribution is -2.32. The molecule has 1 heterocycles. The fourth-order valence-electron chi connectivity index (χ4n) is 3.19. The Balaban J connectivity index is 1.92. The van der Waals surface area contributed by atoms with E-state index >= 15 is 0 Å². The van der Waals surface area contributed by atoms with E-state index in [-0.39, 0.29) is 5.91 Å². The summed E-state index contributed by atoms with van der Waals surface area (Å²) in [5, 5.41) is 3.42. The van der Waals surface area contributed by atoms with E-state index < -0.39 is 0 Å². The van der Waals surface area contributed by atoms with E-state index in [1.165, 1.54) is 25.7 Å². The van der Waals surface area contributed by atoms with Crippen molar-refractivity contribution in [2.45, 2.75) is 58.8 Å². The van der Waals surface area contributed by atoms with Crippen LogP contribution < -0.4 is 5.32 Å². The van der Waals surface area contributed by atoms with Crippen molar-refractivity contribution in [1.82, 2.24) is 9.88 Å². The predicted molar refractivity (Wildman–Crippen MR) is 100 cm³/mol. The molecule has 0 unspecified atom stereocenters. The molecule has 0 saturated carbocycles. The highest BCUT2D eigenvalue weighted by Crippen LogP contribution is 2.20. The van der Waals surface area contributed by atoms with E-state index in [0.29, 0.717) is 5.56 Å². The van der Waals surface area contributed by atoms with Gasteiger partial charge in [-0.2, -0.15) is 0 Å². The first kappa shape index (κ1) is 18.5. The number of rotatable bonds is 9. The minimum atomic E-state index is 0.0878. The summed E-state index contributed by atoms with van der Waals surface area (Å²) in [5.41, 5.74) is 3.18. The van der Waals surface area contributed by atoms with Gasteiger partial charge in [0.1, 0.15) is 0 Å². The van der Waals surface area contributed by atoms with E-state index in [9.17, 15) is 4.79 Å². The molecule has 0 bridgehead atoms. The third-order valence-corrected chi connectivity index (χ3v) is 4.42. The van der Waals surface area contributed by atoms with Gasteiger partial charge in [0.15, 0.2) is 0 Å². The van der Waals surface area contributed by atoms with E-state index in [1.54, 1.807) is 18.0 Å². The van der Waals surface area contributed by atoms with Gasteiger partial charge < -0.3 is 10.2 Å². The highest BCUT2D eigenvalue weighted by Gasteiger charge is 2.15. The Morgan fingerprint density at radius 3 is 2.67 bits per heavy atom. The van der Waals surface area contributed by atoms with Crippen molar-refractivity contribution in [3.63, 3.8) is 0 Å². The van der Waals surface area contributed by atoms with Crippen LogP contribution >= 0.6 is 0 Å². The van der Waals surface area contributed by atoms with Crippen LogP contribution in [0.3, 0.4) is 0 Å². The van der Waals surface area contributed by atoms with Gasteiger partial charge in [0, 0.05) is 32.0 Å². The normalized spacial score (nSPS) is 14.2. The fourth-order valence-corrected chi connectivity index (χ4v) is 3.19. The molecule has 1 aliphatic carbocycles. The van der Waals surface area contributed by atoms with E-state index in [1.807, 2.05) is 11.0 Å². The lowest BCUT2D eigenvalue weighted by atomic mass is 9.97. The van der Waals surface area contributed by atoms with E-state index in [0.717, 1.165) is 44.6 Å². The van der Waals surface area contributed by atoms with Gasteiger partial charge in [-0.1, -0.05) is 25.5 Å². The number of anilines is 1. The standard InChI is InChI=1S/C20H31N3O/c1-3-12-23(13-4-2)20(24)18-14-19(16-21-15-18)22-11-10-17-8-6-5-7-9-17/h8,14-16,22H,3-7,9-13H2,1-2H3. The van der Waals surface area contributed by atoms with Crippen LogP contribution in [0.1, 0.15) is 69.2 Å². The van der Waals surface area contributed by atoms with Gasteiger partial charge in [0.05, 0.1) is 11.3 Å². The third kappa shape index (κ3) is 5.66. The summed E-state index contributed by atoms with van der Waals surface area (Å²) in [6.45, 7) is 6.72. The van der Waals surface area contributed by atoms with Crippen LogP contribution in [0, 0.1) is 0 Å². The van der Waals surface area contributed by atoms with Gasteiger partial charge >= 0.3 is 0 Å². The zero-order chi connectivity index (χ0) is 17.2. The van der Waals surface area contributed by atoms with E-state index in [4.69, 9.17) is 0 Å². The number of carbonyl (C=O) groups is 1. The highest BCUT2D eigenvalue weighted by molar-refractivity contribution is 5.94. The lowest BCUT2D eigenvalue weighted by molar-refractivity contribution is 0.0755. The second-order valence-corrected chi connectivity index (χ2v) is 6.54. The van der Waals surface area contributed by atoms with Crippen molar-refractivity contribution in [2.24, 2.45) is 0 Å². The molecule has 0 atom stereocenters. The van der Waals surface area contributed by atoms with Crippen LogP contribution in [0.25, 0.3) is 0 Å². The number of carbonyl (C=O) groups excluding carboxylic acids is 1. The summed E-state index contributed by atoms with van der Waals surface area (Å²) in [6.07, 6.45) is 14.0. The molecule has 1 amide bonds. The molecule has 0 radical (unpaired) electrons. The number of aromatic nitrogens is 1. The van der Waals surface area contributed by atoms with Crippen molar-refractivity contribution in [3.8, 4) is 0 Å². The first-order chi connectivity index (χ1) is 11.7. The molecule has 0 aromatic carbocycles. The highest BCUT2D eigenvalue weighted by atomic mass is 16.2. The molecule has 2 rings (SSSR count). The molecule has 1 aliphatic rings. The molecule has 1 aromatic heterocycles. The van der Waals surface area contributed by atoms with Crippen LogP contribution in [-0.2, 0) is 0 Å². The van der Waals surface area contributed by atoms with Gasteiger partial charge in [-0.25, -0.2) is 0 Å². The maximum Gasteiger partial charge on any atom is 0.255 e. The van der Waals surface area contributed by atoms with Crippen LogP contribution in [0.2, 0.25) is 0 Å². The first-order valence-corrected chi connectivity index (χ1v) is 9.40. The molecular weight excluding hydrogens is 298 g/mol. The largest absolute Gasteiger partial charge is 0.383 e. The number of nitrogens with zero attached hydrogens (tertiary/aromatic N) is 2. The fraction of sp³-hybridized carbons (Fsp3) is 0.600. The Morgan fingerprint density at radius 1 is 1.21 bits per heavy atom. The molecule has 0 spiro atoms. The van der Waals surface area contributed by atoms with Crippen LogP contribution in [0.5, 0.6) is 0 Å². The maximum absolute atomic E-state index is 12.6. The molecule has 0 fully saturated rings. The molecule has 4 heteroatoms. The quantitative estimate of drug-likeness (QED) is 0.671. The zero-order valence-electron chi connectivity index (χ0n) is 15.2. The molecular formula is C20H31N3O. The predicted octanol–water partition coefficient (Wildman–Crippen LogP) is 4.65. The number of hydrogen-bond donors (Lipinski definition) is 1. The summed E-state index contributed by atoms with van der Waals surface area (Å²) < 4.78 is 0. The Morgan fingerprint density at radius 2 is 2.00 bits per heavy atom. The number of allylic oxidation sites excluding steroid dienone is 1. The monoisotopic (exact) mass is 329 g/mol. The SMILES string of the molecule is CCCN(CCC)C(=O)c1cncc(NCCC2=CCCCC2)c1. The summed E-state index contributed by atoms with van der Waals surface area (Å²) in [5.74, 6) is 0.0878. The summed E-state index contributed by atoms with van der Waals surface area (Å²) in [4.78, 5) is 18.8. The van der Waals surface area contributed by atoms with Crippen molar-refractivity contribution in [3.05, 3.63) is 35.7 Å². The second kappa shape index (κ2) is 10.1. The Kier molecular flexibility index (Phi) is 7.80. The minimum absolute atomic E-state index is 0.0878. The number of amides is 1. The van der Waals surface area contributed by atoms with Crippen molar-refractivity contribution in [1.29, 1.82) is 0 Å². The molecule has 24 heavy (non-hydrogen) atoms. The molecule has 132 valence electrons. The molecule has 4 nitrogen and oxygen atoms in total. The van der Waals surface area contributed by atoms with E-state index in [2.05, 4.69) is 30.2 Å². The first-order valence-electron chi connectivity index (χ1n) is 9.40. The molecule has 0 aliphatic heterocycles. The van der Waals surface area contributed by atoms with Crippen molar-refractivity contribution in [2.75, 3.05) is 25.0 Å². The van der Waals surface area contributed by atoms with Gasteiger partial charge in [0.2, 0.25) is 0 Å². The summed E-state index contributed by atoms with van der Waals surface area (Å²) in [6, 6.07) is 1.93. The van der Waals surface area contributed by atoms with Gasteiger partial charge in [-0.05, 0) is 51.0 Å². The lowest BCUT2D eigenvalue weighted by Gasteiger charge is -2.21. The average Bonchev–Trinajstić information content (AvgIpc) is 2.62. The smallest absolute Gasteiger partial charge is 0.255 e. The average molecular weight is 329 g/mol. The van der Waals surface area contributed by atoms with Gasteiger partial charge in [-0.3, -0.25) is 9.78 Å². The number of hydrogen-bond acceptors (Lipinski definition) is 3. The molecule has 0 saturated heterocycles. The third-order valence-electron chi connectivity index (χ3n) is 4.42. The molecule has 1 N–H and O–H groups in total.